The Kier molecular flexibility index (Phi) is 8.12. The summed E-state index contributed by atoms with van der Waals surface area (Å²) in [6, 6.07) is 22.2. The third kappa shape index (κ3) is 6.11. The molecule has 0 aliphatic heterocycles. The van der Waals surface area contributed by atoms with Crippen LogP contribution in [0.5, 0.6) is 5.75 Å². The van der Waals surface area contributed by atoms with Crippen molar-refractivity contribution in [3.63, 3.8) is 0 Å². The average molecular weight is 437 g/mol. The lowest BCUT2D eigenvalue weighted by atomic mass is 9.96. The lowest BCUT2D eigenvalue weighted by Gasteiger charge is -2.11. The van der Waals surface area contributed by atoms with Crippen molar-refractivity contribution in [3.05, 3.63) is 89.5 Å². The van der Waals surface area contributed by atoms with Crippen LogP contribution in [0.2, 0.25) is 0 Å². The molecule has 3 aromatic rings. The van der Waals surface area contributed by atoms with Gasteiger partial charge in [0.25, 0.3) is 5.91 Å². The predicted molar refractivity (Wildman–Crippen MR) is 124 cm³/mol. The van der Waals surface area contributed by atoms with Crippen LogP contribution in [-0.2, 0) is 6.42 Å². The summed E-state index contributed by atoms with van der Waals surface area (Å²) in [4.78, 5) is 12.8. The van der Waals surface area contributed by atoms with Gasteiger partial charge < -0.3 is 15.2 Å². The molecule has 0 saturated carbocycles. The number of amides is 1. The maximum absolute atomic E-state index is 12.6. The van der Waals surface area contributed by atoms with Gasteiger partial charge in [-0.25, -0.2) is 0 Å². The summed E-state index contributed by atoms with van der Waals surface area (Å²) in [5.41, 5.74) is 6.16. The van der Waals surface area contributed by atoms with Gasteiger partial charge >= 0.3 is 0 Å². The van der Waals surface area contributed by atoms with Crippen molar-refractivity contribution in [1.82, 2.24) is 10.8 Å². The van der Waals surface area contributed by atoms with Crippen LogP contribution in [0.3, 0.4) is 0 Å². The van der Waals surface area contributed by atoms with Gasteiger partial charge in [0, 0.05) is 17.7 Å². The molecule has 7 heteroatoms. The van der Waals surface area contributed by atoms with Crippen molar-refractivity contribution in [2.45, 2.75) is 6.42 Å². The number of thiocarbonyl (C=S) groups is 1. The molecule has 1 amide bonds. The smallest absolute Gasteiger partial charge is 0.251 e. The number of benzene rings is 3. The Morgan fingerprint density at radius 3 is 2.48 bits per heavy atom. The number of hydrogen-bond acceptors (Lipinski definition) is 5. The van der Waals surface area contributed by atoms with Gasteiger partial charge in [0.05, 0.1) is 6.54 Å². The molecule has 0 aliphatic carbocycles. The fraction of sp³-hybridized carbons (Fsp3) is 0.167. The summed E-state index contributed by atoms with van der Waals surface area (Å²) in [7, 11) is 0. The topological polar surface area (TPSA) is 90.8 Å². The Morgan fingerprint density at radius 2 is 1.74 bits per heavy atom. The van der Waals surface area contributed by atoms with Crippen LogP contribution in [0.4, 0.5) is 0 Å². The molecular formula is C24H24N2O4S. The molecule has 3 rings (SSSR count). The van der Waals surface area contributed by atoms with E-state index in [0.717, 1.165) is 16.7 Å². The van der Waals surface area contributed by atoms with Gasteiger partial charge in [0.2, 0.25) is 0 Å². The molecule has 6 nitrogen and oxygen atoms in total. The molecule has 0 bridgehead atoms. The van der Waals surface area contributed by atoms with Gasteiger partial charge in [-0.15, -0.1) is 0 Å². The molecule has 0 saturated heterocycles. The van der Waals surface area contributed by atoms with Crippen molar-refractivity contribution >= 4 is 23.1 Å². The Morgan fingerprint density at radius 1 is 0.968 bits per heavy atom. The third-order valence-electron chi connectivity index (χ3n) is 4.71. The second kappa shape index (κ2) is 11.2. The minimum atomic E-state index is -0.181. The largest absolute Gasteiger partial charge is 0.492 e. The molecule has 160 valence electrons. The number of carbonyl (C=O) groups excluding carboxylic acids is 1. The number of aliphatic hydroxyl groups excluding tert-OH is 1. The van der Waals surface area contributed by atoms with Gasteiger partial charge in [-0.2, -0.15) is 0 Å². The molecule has 31 heavy (non-hydrogen) atoms. The molecule has 3 aromatic carbocycles. The van der Waals surface area contributed by atoms with E-state index in [4.69, 9.17) is 22.2 Å². The first-order chi connectivity index (χ1) is 15.1. The zero-order valence-corrected chi connectivity index (χ0v) is 17.7. The molecular weight excluding hydrogens is 412 g/mol. The van der Waals surface area contributed by atoms with E-state index in [1.807, 2.05) is 47.9 Å². The molecule has 0 spiro atoms. The maximum Gasteiger partial charge on any atom is 0.251 e. The first kappa shape index (κ1) is 22.4. The minimum Gasteiger partial charge on any atom is -0.492 e. The van der Waals surface area contributed by atoms with E-state index in [0.29, 0.717) is 36.4 Å². The first-order valence-electron chi connectivity index (χ1n) is 9.87. The van der Waals surface area contributed by atoms with Gasteiger partial charge in [0.1, 0.15) is 17.3 Å². The molecule has 0 aromatic heterocycles. The van der Waals surface area contributed by atoms with Crippen LogP contribution >= 0.6 is 12.2 Å². The van der Waals surface area contributed by atoms with Crippen molar-refractivity contribution in [3.8, 4) is 16.9 Å². The van der Waals surface area contributed by atoms with Crippen LogP contribution in [-0.4, -0.2) is 41.0 Å². The predicted octanol–water partition coefficient (Wildman–Crippen LogP) is 3.35. The van der Waals surface area contributed by atoms with Crippen molar-refractivity contribution < 1.29 is 19.8 Å². The lowest BCUT2D eigenvalue weighted by Crippen LogP contribution is -2.28. The van der Waals surface area contributed by atoms with E-state index in [1.54, 1.807) is 30.3 Å². The Balaban J connectivity index is 1.56. The monoisotopic (exact) mass is 436 g/mol. The van der Waals surface area contributed by atoms with Gasteiger partial charge in [0.15, 0.2) is 0 Å². The molecule has 0 heterocycles. The minimum absolute atomic E-state index is 0.0743. The highest BCUT2D eigenvalue weighted by molar-refractivity contribution is 7.80. The van der Waals surface area contributed by atoms with Crippen molar-refractivity contribution in [1.29, 1.82) is 0 Å². The SMILES string of the molecule is O=C(NCCOc1ccc(C(=S)NO)cc1)c1cccc(-c2ccccc2CCO)c1. The van der Waals surface area contributed by atoms with Crippen LogP contribution in [0, 0.1) is 0 Å². The fourth-order valence-electron chi connectivity index (χ4n) is 3.17. The summed E-state index contributed by atoms with van der Waals surface area (Å²) in [6.45, 7) is 0.736. The molecule has 0 fully saturated rings. The van der Waals surface area contributed by atoms with Gasteiger partial charge in [-0.3, -0.25) is 15.5 Å². The van der Waals surface area contributed by atoms with Crippen molar-refractivity contribution in [2.24, 2.45) is 0 Å². The third-order valence-corrected chi connectivity index (χ3v) is 5.04. The number of aliphatic hydroxyl groups is 1. The fourth-order valence-corrected chi connectivity index (χ4v) is 3.31. The highest BCUT2D eigenvalue weighted by Gasteiger charge is 2.09. The second-order valence-electron chi connectivity index (χ2n) is 6.78. The summed E-state index contributed by atoms with van der Waals surface area (Å²) >= 11 is 4.95. The summed E-state index contributed by atoms with van der Waals surface area (Å²) in [5.74, 6) is 0.459. The molecule has 0 radical (unpaired) electrons. The zero-order chi connectivity index (χ0) is 22.1. The van der Waals surface area contributed by atoms with E-state index in [9.17, 15) is 9.90 Å². The number of hydrogen-bond donors (Lipinski definition) is 4. The van der Waals surface area contributed by atoms with E-state index in [1.165, 1.54) is 0 Å². The van der Waals surface area contributed by atoms with Gasteiger partial charge in [-0.1, -0.05) is 48.6 Å². The van der Waals surface area contributed by atoms with E-state index in [2.05, 4.69) is 5.32 Å². The number of nitrogens with one attached hydrogen (secondary N) is 2. The molecule has 0 aliphatic rings. The van der Waals surface area contributed by atoms with Crippen molar-refractivity contribution in [2.75, 3.05) is 19.8 Å². The zero-order valence-electron chi connectivity index (χ0n) is 16.9. The Bertz CT molecular complexity index is 1040. The summed E-state index contributed by atoms with van der Waals surface area (Å²) in [6.07, 6.45) is 0.563. The average Bonchev–Trinajstić information content (AvgIpc) is 2.82. The van der Waals surface area contributed by atoms with Crippen LogP contribution in [0.25, 0.3) is 11.1 Å². The normalized spacial score (nSPS) is 10.4. The summed E-state index contributed by atoms with van der Waals surface area (Å²) < 4.78 is 5.63. The quantitative estimate of drug-likeness (QED) is 0.234. The highest BCUT2D eigenvalue weighted by Crippen LogP contribution is 2.25. The maximum atomic E-state index is 12.6. The number of carbonyl (C=O) groups is 1. The number of ether oxygens (including phenoxy) is 1. The summed E-state index contributed by atoms with van der Waals surface area (Å²) in [5, 5.41) is 21.0. The van der Waals surface area contributed by atoms with Crippen LogP contribution in [0.15, 0.2) is 72.8 Å². The van der Waals surface area contributed by atoms with Crippen LogP contribution < -0.4 is 15.5 Å². The van der Waals surface area contributed by atoms with Gasteiger partial charge in [-0.05, 0) is 59.5 Å². The molecule has 0 unspecified atom stereocenters. The van der Waals surface area contributed by atoms with E-state index >= 15 is 0 Å². The van der Waals surface area contributed by atoms with E-state index in [-0.39, 0.29) is 17.5 Å². The van der Waals surface area contributed by atoms with E-state index < -0.39 is 0 Å². The molecule has 4 N–H and O–H groups in total. The highest BCUT2D eigenvalue weighted by atomic mass is 32.1. The first-order valence-corrected chi connectivity index (χ1v) is 10.3. The second-order valence-corrected chi connectivity index (χ2v) is 7.19. The number of rotatable bonds is 9. The Labute approximate surface area is 186 Å². The Hall–Kier alpha value is -3.26. The lowest BCUT2D eigenvalue weighted by molar-refractivity contribution is 0.0947. The standard InChI is InChI=1S/C24H24N2O4S/c27-14-12-17-4-1-2-7-22(17)19-5-3-6-20(16-19)23(28)25-13-15-30-21-10-8-18(9-11-21)24(31)26-29/h1-11,16,27,29H,12-15H2,(H,25,28)(H,26,31). The van der Waals surface area contributed by atoms with Crippen LogP contribution in [0.1, 0.15) is 21.5 Å². The molecule has 0 atom stereocenters. The number of hydroxylamine groups is 1.